The predicted octanol–water partition coefficient (Wildman–Crippen LogP) is 1.08. The van der Waals surface area contributed by atoms with Gasteiger partial charge in [-0.3, -0.25) is 0 Å². The molecule has 88 valence electrons. The Hall–Kier alpha value is -1.27. The fraction of sp³-hybridized carbons (Fsp3) is 0.300. The number of carbonyl (C=O) groups is 1. The molecular formula is C10H11FO4S. The van der Waals surface area contributed by atoms with Crippen molar-refractivity contribution in [1.29, 1.82) is 0 Å². The average molecular weight is 246 g/mol. The van der Waals surface area contributed by atoms with Gasteiger partial charge in [-0.05, 0) is 17.7 Å². The van der Waals surface area contributed by atoms with Crippen molar-refractivity contribution >= 4 is 18.6 Å². The minimum absolute atomic E-state index is 0.0572. The molecule has 1 aromatic carbocycles. The fourth-order valence-corrected chi connectivity index (χ4v) is 1.36. The van der Waals surface area contributed by atoms with E-state index in [0.717, 1.165) is 6.07 Å². The minimum Gasteiger partial charge on any atom is -0.494 e. The SMILES string of the molecule is COc1ccc(CC(O)(S)C(=O)O)cc1F. The van der Waals surface area contributed by atoms with Crippen LogP contribution < -0.4 is 4.74 Å². The number of benzene rings is 1. The molecule has 0 aliphatic rings. The summed E-state index contributed by atoms with van der Waals surface area (Å²) in [6.45, 7) is 0. The molecule has 0 spiro atoms. The highest BCUT2D eigenvalue weighted by molar-refractivity contribution is 7.82. The second-order valence-electron chi connectivity index (χ2n) is 3.27. The molecule has 0 amide bonds. The highest BCUT2D eigenvalue weighted by Gasteiger charge is 2.31. The van der Waals surface area contributed by atoms with Crippen molar-refractivity contribution < 1.29 is 24.1 Å². The van der Waals surface area contributed by atoms with Crippen LogP contribution in [0.1, 0.15) is 5.56 Å². The third kappa shape index (κ3) is 2.86. The molecular weight excluding hydrogens is 235 g/mol. The Balaban J connectivity index is 2.91. The van der Waals surface area contributed by atoms with Gasteiger partial charge in [0, 0.05) is 6.42 Å². The van der Waals surface area contributed by atoms with Crippen molar-refractivity contribution in [2.75, 3.05) is 7.11 Å². The van der Waals surface area contributed by atoms with Crippen LogP contribution in [0, 0.1) is 5.82 Å². The molecule has 0 aliphatic carbocycles. The zero-order chi connectivity index (χ0) is 12.3. The Bertz CT molecular complexity index is 406. The third-order valence-electron chi connectivity index (χ3n) is 2.01. The molecule has 0 heterocycles. The average Bonchev–Trinajstić information content (AvgIpc) is 2.17. The molecule has 6 heteroatoms. The van der Waals surface area contributed by atoms with Gasteiger partial charge in [0.15, 0.2) is 11.6 Å². The largest absolute Gasteiger partial charge is 0.494 e. The number of hydrogen-bond donors (Lipinski definition) is 3. The number of aliphatic carboxylic acids is 1. The van der Waals surface area contributed by atoms with E-state index in [0.29, 0.717) is 5.56 Å². The molecule has 1 aromatic rings. The number of aliphatic hydroxyl groups is 1. The Morgan fingerprint density at radius 3 is 2.69 bits per heavy atom. The topological polar surface area (TPSA) is 66.8 Å². The van der Waals surface area contributed by atoms with E-state index in [-0.39, 0.29) is 12.2 Å². The van der Waals surface area contributed by atoms with Crippen LogP contribution in [0.3, 0.4) is 0 Å². The molecule has 0 bridgehead atoms. The van der Waals surface area contributed by atoms with Crippen LogP contribution in [-0.4, -0.2) is 28.2 Å². The van der Waals surface area contributed by atoms with Gasteiger partial charge in [0.05, 0.1) is 7.11 Å². The van der Waals surface area contributed by atoms with Gasteiger partial charge < -0.3 is 14.9 Å². The standard InChI is InChI=1S/C10H11FO4S/c1-15-8-3-2-6(4-7(8)11)5-10(14,16)9(12)13/h2-4,14,16H,5H2,1H3,(H,12,13). The number of hydrogen-bond acceptors (Lipinski definition) is 4. The molecule has 0 radical (unpaired) electrons. The summed E-state index contributed by atoms with van der Waals surface area (Å²) in [5, 5.41) is 18.0. The van der Waals surface area contributed by atoms with Crippen molar-refractivity contribution in [3.05, 3.63) is 29.6 Å². The maximum absolute atomic E-state index is 13.2. The number of thiol groups is 1. The van der Waals surface area contributed by atoms with E-state index in [1.165, 1.54) is 19.2 Å². The van der Waals surface area contributed by atoms with Gasteiger partial charge in [-0.1, -0.05) is 6.07 Å². The van der Waals surface area contributed by atoms with E-state index in [1.807, 2.05) is 0 Å². The molecule has 4 nitrogen and oxygen atoms in total. The van der Waals surface area contributed by atoms with Crippen molar-refractivity contribution in [3.63, 3.8) is 0 Å². The third-order valence-corrected chi connectivity index (χ3v) is 2.36. The summed E-state index contributed by atoms with van der Waals surface area (Å²) < 4.78 is 18.0. The summed E-state index contributed by atoms with van der Waals surface area (Å²) in [5.74, 6) is -2.04. The van der Waals surface area contributed by atoms with Gasteiger partial charge in [0.2, 0.25) is 4.93 Å². The second-order valence-corrected chi connectivity index (χ2v) is 4.01. The molecule has 1 unspecified atom stereocenters. The summed E-state index contributed by atoms with van der Waals surface area (Å²) >= 11 is 3.58. The van der Waals surface area contributed by atoms with Crippen LogP contribution in [0.15, 0.2) is 18.2 Å². The van der Waals surface area contributed by atoms with Crippen molar-refractivity contribution in [2.45, 2.75) is 11.4 Å². The first-order valence-corrected chi connectivity index (χ1v) is 4.82. The van der Waals surface area contributed by atoms with Gasteiger partial charge in [-0.15, -0.1) is 12.6 Å². The Labute approximate surface area is 97.1 Å². The summed E-state index contributed by atoms with van der Waals surface area (Å²) in [4.78, 5) is 8.38. The van der Waals surface area contributed by atoms with E-state index < -0.39 is 16.7 Å². The molecule has 0 fully saturated rings. The number of carboxylic acids is 1. The number of rotatable bonds is 4. The van der Waals surface area contributed by atoms with Crippen LogP contribution in [0.2, 0.25) is 0 Å². The van der Waals surface area contributed by atoms with E-state index >= 15 is 0 Å². The van der Waals surface area contributed by atoms with Crippen LogP contribution in [0.5, 0.6) is 5.75 Å². The zero-order valence-electron chi connectivity index (χ0n) is 8.48. The predicted molar refractivity (Wildman–Crippen MR) is 58.2 cm³/mol. The van der Waals surface area contributed by atoms with Gasteiger partial charge in [0.1, 0.15) is 0 Å². The zero-order valence-corrected chi connectivity index (χ0v) is 9.37. The molecule has 2 N–H and O–H groups in total. The van der Waals surface area contributed by atoms with Gasteiger partial charge >= 0.3 is 5.97 Å². The number of methoxy groups -OCH3 is 1. The second kappa shape index (κ2) is 4.71. The van der Waals surface area contributed by atoms with Gasteiger partial charge in [-0.25, -0.2) is 9.18 Å². The fourth-order valence-electron chi connectivity index (χ4n) is 1.18. The Kier molecular flexibility index (Phi) is 3.77. The van der Waals surface area contributed by atoms with Crippen LogP contribution in [0.4, 0.5) is 4.39 Å². The first-order valence-electron chi connectivity index (χ1n) is 4.37. The van der Waals surface area contributed by atoms with E-state index in [2.05, 4.69) is 12.6 Å². The summed E-state index contributed by atoms with van der Waals surface area (Å²) in [7, 11) is 1.32. The van der Waals surface area contributed by atoms with Crippen LogP contribution in [0.25, 0.3) is 0 Å². The first kappa shape index (κ1) is 12.8. The lowest BCUT2D eigenvalue weighted by atomic mass is 10.1. The minimum atomic E-state index is -2.21. The maximum Gasteiger partial charge on any atom is 0.346 e. The molecule has 1 rings (SSSR count). The summed E-state index contributed by atoms with van der Waals surface area (Å²) in [5.41, 5.74) is 0.318. The quantitative estimate of drug-likeness (QED) is 0.549. The smallest absolute Gasteiger partial charge is 0.346 e. The number of halogens is 1. The molecule has 0 saturated carbocycles. The number of ether oxygens (including phenoxy) is 1. The lowest BCUT2D eigenvalue weighted by Crippen LogP contribution is -2.34. The Morgan fingerprint density at radius 1 is 1.62 bits per heavy atom. The molecule has 0 saturated heterocycles. The highest BCUT2D eigenvalue weighted by atomic mass is 32.1. The normalized spacial score (nSPS) is 14.2. The van der Waals surface area contributed by atoms with Crippen molar-refractivity contribution in [3.8, 4) is 5.75 Å². The molecule has 0 aromatic heterocycles. The maximum atomic E-state index is 13.2. The van der Waals surface area contributed by atoms with Crippen molar-refractivity contribution in [1.82, 2.24) is 0 Å². The number of carboxylic acid groups (broad SMARTS) is 1. The molecule has 0 aliphatic heterocycles. The first-order chi connectivity index (χ1) is 7.36. The van der Waals surface area contributed by atoms with Crippen LogP contribution >= 0.6 is 12.6 Å². The molecule has 1 atom stereocenters. The van der Waals surface area contributed by atoms with Gasteiger partial charge in [0.25, 0.3) is 0 Å². The van der Waals surface area contributed by atoms with Crippen LogP contribution in [-0.2, 0) is 11.2 Å². The van der Waals surface area contributed by atoms with E-state index in [9.17, 15) is 14.3 Å². The monoisotopic (exact) mass is 246 g/mol. The summed E-state index contributed by atoms with van der Waals surface area (Å²) in [6.07, 6.45) is -0.299. The summed E-state index contributed by atoms with van der Waals surface area (Å²) in [6, 6.07) is 3.92. The highest BCUT2D eigenvalue weighted by Crippen LogP contribution is 2.22. The van der Waals surface area contributed by atoms with Crippen molar-refractivity contribution in [2.24, 2.45) is 0 Å². The lowest BCUT2D eigenvalue weighted by molar-refractivity contribution is -0.149. The van der Waals surface area contributed by atoms with Gasteiger partial charge in [-0.2, -0.15) is 0 Å². The Morgan fingerprint density at radius 2 is 2.25 bits per heavy atom. The van der Waals surface area contributed by atoms with E-state index in [1.54, 1.807) is 0 Å². The lowest BCUT2D eigenvalue weighted by Gasteiger charge is -2.16. The van der Waals surface area contributed by atoms with E-state index in [4.69, 9.17) is 9.84 Å². The molecule has 16 heavy (non-hydrogen) atoms.